The average Bonchev–Trinajstić information content (AvgIpc) is 2.93. The lowest BCUT2D eigenvalue weighted by atomic mass is 10.1. The number of likely N-dealkylation sites (N-methyl/N-ethyl adjacent to an activating group) is 1. The summed E-state index contributed by atoms with van der Waals surface area (Å²) in [7, 11) is 5.43. The van der Waals surface area contributed by atoms with E-state index in [9.17, 15) is 4.79 Å². The lowest BCUT2D eigenvalue weighted by Gasteiger charge is -2.34. The third-order valence-electron chi connectivity index (χ3n) is 6.45. The van der Waals surface area contributed by atoms with Crippen LogP contribution in [-0.2, 0) is 6.54 Å². The summed E-state index contributed by atoms with van der Waals surface area (Å²) in [4.78, 5) is 20.4. The summed E-state index contributed by atoms with van der Waals surface area (Å²) < 4.78 is 12.1. The number of benzene rings is 3. The first-order valence-electron chi connectivity index (χ1n) is 12.7. The van der Waals surface area contributed by atoms with Crippen molar-refractivity contribution in [2.45, 2.75) is 27.3 Å². The molecule has 1 fully saturated rings. The maximum atomic E-state index is 13.9. The van der Waals surface area contributed by atoms with Crippen LogP contribution in [0.2, 0.25) is 0 Å². The van der Waals surface area contributed by atoms with Crippen LogP contribution in [0.15, 0.2) is 65.1 Å². The number of carbonyl (C=O) groups is 1. The second-order valence-electron chi connectivity index (χ2n) is 8.83. The van der Waals surface area contributed by atoms with Gasteiger partial charge in [0.15, 0.2) is 0 Å². The minimum atomic E-state index is -0.102. The lowest BCUT2D eigenvalue weighted by molar-refractivity contribution is 0.0984. The number of rotatable bonds is 7. The molecule has 1 heterocycles. The number of halogens is 1. The summed E-state index contributed by atoms with van der Waals surface area (Å²) in [5.41, 5.74) is 4.43. The van der Waals surface area contributed by atoms with Crippen molar-refractivity contribution in [2.24, 2.45) is 0 Å². The molecule has 0 radical (unpaired) electrons. The molecule has 0 atom stereocenters. The SMILES string of the molecule is CC.COc1cc(C)cc(OC)c1CN(C(=O)c1ccccc1Br)c1ccc(N2CCN(C)CC2)cc1. The minimum absolute atomic E-state index is 0.102. The predicted molar refractivity (Wildman–Crippen MR) is 156 cm³/mol. The molecule has 198 valence electrons. The van der Waals surface area contributed by atoms with Gasteiger partial charge in [0.05, 0.1) is 31.9 Å². The van der Waals surface area contributed by atoms with E-state index < -0.39 is 0 Å². The van der Waals surface area contributed by atoms with Gasteiger partial charge in [0, 0.05) is 42.0 Å². The van der Waals surface area contributed by atoms with Crippen LogP contribution in [0.1, 0.15) is 35.3 Å². The van der Waals surface area contributed by atoms with E-state index in [0.717, 1.165) is 47.5 Å². The Hall–Kier alpha value is -3.03. The molecule has 1 saturated heterocycles. The molecule has 3 aromatic carbocycles. The van der Waals surface area contributed by atoms with Crippen LogP contribution in [0.5, 0.6) is 11.5 Å². The molecule has 0 unspecified atom stereocenters. The van der Waals surface area contributed by atoms with E-state index in [1.54, 1.807) is 19.1 Å². The quantitative estimate of drug-likeness (QED) is 0.330. The molecule has 1 amide bonds. The fourth-order valence-corrected chi connectivity index (χ4v) is 4.85. The fraction of sp³-hybridized carbons (Fsp3) is 0.367. The van der Waals surface area contributed by atoms with Gasteiger partial charge in [-0.25, -0.2) is 0 Å². The molecule has 0 bridgehead atoms. The number of ether oxygens (including phenoxy) is 2. The molecule has 3 aromatic rings. The van der Waals surface area contributed by atoms with Crippen molar-refractivity contribution < 1.29 is 14.3 Å². The van der Waals surface area contributed by atoms with Gasteiger partial charge in [0.25, 0.3) is 5.91 Å². The molecule has 0 N–H and O–H groups in total. The standard InChI is InChI=1S/C28H32BrN3O3.C2H6/c1-20-17-26(34-3)24(27(18-20)35-4)19-32(28(33)23-7-5-6-8-25(23)29)22-11-9-21(10-12-22)31-15-13-30(2)14-16-31;1-2/h5-12,17-18H,13-16,19H2,1-4H3;1-2H3. The summed E-state index contributed by atoms with van der Waals surface area (Å²) in [5, 5.41) is 0. The molecular formula is C30H38BrN3O3. The first-order valence-corrected chi connectivity index (χ1v) is 13.5. The van der Waals surface area contributed by atoms with Crippen LogP contribution in [0.25, 0.3) is 0 Å². The topological polar surface area (TPSA) is 45.3 Å². The van der Waals surface area contributed by atoms with Crippen LogP contribution in [-0.4, -0.2) is 58.3 Å². The Labute approximate surface area is 229 Å². The molecule has 1 aliphatic heterocycles. The van der Waals surface area contributed by atoms with Crippen molar-refractivity contribution in [2.75, 3.05) is 57.2 Å². The molecular weight excluding hydrogens is 530 g/mol. The van der Waals surface area contributed by atoms with Gasteiger partial charge in [-0.2, -0.15) is 0 Å². The van der Waals surface area contributed by atoms with E-state index in [1.807, 2.05) is 69.3 Å². The number of hydrogen-bond donors (Lipinski definition) is 0. The number of carbonyl (C=O) groups excluding carboxylic acids is 1. The third-order valence-corrected chi connectivity index (χ3v) is 7.14. The molecule has 6 nitrogen and oxygen atoms in total. The predicted octanol–water partition coefficient (Wildman–Crippen LogP) is 6.40. The number of hydrogen-bond acceptors (Lipinski definition) is 5. The number of amides is 1. The highest BCUT2D eigenvalue weighted by Crippen LogP contribution is 2.34. The molecule has 4 rings (SSSR count). The van der Waals surface area contributed by atoms with Gasteiger partial charge < -0.3 is 24.2 Å². The summed E-state index contributed by atoms with van der Waals surface area (Å²) in [6, 6.07) is 19.7. The largest absolute Gasteiger partial charge is 0.496 e. The second-order valence-corrected chi connectivity index (χ2v) is 9.68. The zero-order valence-corrected chi connectivity index (χ0v) is 24.3. The highest BCUT2D eigenvalue weighted by Gasteiger charge is 2.24. The Morgan fingerprint density at radius 3 is 2.03 bits per heavy atom. The van der Waals surface area contributed by atoms with Crippen LogP contribution in [0, 0.1) is 6.92 Å². The summed E-state index contributed by atoms with van der Waals surface area (Å²) >= 11 is 3.55. The monoisotopic (exact) mass is 567 g/mol. The van der Waals surface area contributed by atoms with Crippen LogP contribution >= 0.6 is 15.9 Å². The lowest BCUT2D eigenvalue weighted by Crippen LogP contribution is -2.44. The van der Waals surface area contributed by atoms with Crippen molar-refractivity contribution >= 4 is 33.2 Å². The van der Waals surface area contributed by atoms with Gasteiger partial charge >= 0.3 is 0 Å². The van der Waals surface area contributed by atoms with Gasteiger partial charge in [-0.15, -0.1) is 0 Å². The Bertz CT molecular complexity index is 1150. The van der Waals surface area contributed by atoms with Crippen LogP contribution in [0.3, 0.4) is 0 Å². The normalized spacial score (nSPS) is 13.4. The zero-order chi connectivity index (χ0) is 26.9. The van der Waals surface area contributed by atoms with Crippen molar-refractivity contribution in [3.63, 3.8) is 0 Å². The Morgan fingerprint density at radius 2 is 1.49 bits per heavy atom. The number of aryl methyl sites for hydroxylation is 1. The molecule has 37 heavy (non-hydrogen) atoms. The number of anilines is 2. The molecule has 7 heteroatoms. The third kappa shape index (κ3) is 6.84. The van der Waals surface area contributed by atoms with Crippen molar-refractivity contribution in [3.05, 3.63) is 81.8 Å². The molecule has 0 aliphatic carbocycles. The van der Waals surface area contributed by atoms with Crippen LogP contribution in [0.4, 0.5) is 11.4 Å². The van der Waals surface area contributed by atoms with E-state index >= 15 is 0 Å². The Balaban J connectivity index is 0.00000186. The average molecular weight is 569 g/mol. The number of piperazine rings is 1. The summed E-state index contributed by atoms with van der Waals surface area (Å²) in [5.74, 6) is 1.29. The maximum absolute atomic E-state index is 13.9. The first kappa shape index (κ1) is 28.5. The molecule has 0 spiro atoms. The van der Waals surface area contributed by atoms with Gasteiger partial charge in [-0.1, -0.05) is 26.0 Å². The van der Waals surface area contributed by atoms with Gasteiger partial charge in [-0.05, 0) is 84.0 Å². The Morgan fingerprint density at radius 1 is 0.919 bits per heavy atom. The molecule has 1 aliphatic rings. The number of methoxy groups -OCH3 is 2. The smallest absolute Gasteiger partial charge is 0.259 e. The molecule has 0 saturated carbocycles. The van der Waals surface area contributed by atoms with Gasteiger partial charge in [0.1, 0.15) is 11.5 Å². The van der Waals surface area contributed by atoms with Gasteiger partial charge in [-0.3, -0.25) is 4.79 Å². The minimum Gasteiger partial charge on any atom is -0.496 e. The van der Waals surface area contributed by atoms with Crippen molar-refractivity contribution in [3.8, 4) is 11.5 Å². The highest BCUT2D eigenvalue weighted by molar-refractivity contribution is 9.10. The first-order chi connectivity index (χ1) is 17.9. The fourth-order valence-electron chi connectivity index (χ4n) is 4.40. The van der Waals surface area contributed by atoms with E-state index in [4.69, 9.17) is 9.47 Å². The summed E-state index contributed by atoms with van der Waals surface area (Å²) in [6.45, 7) is 10.4. The zero-order valence-electron chi connectivity index (χ0n) is 22.8. The molecule has 0 aromatic heterocycles. The number of nitrogens with zero attached hydrogens (tertiary/aromatic N) is 3. The summed E-state index contributed by atoms with van der Waals surface area (Å²) in [6.07, 6.45) is 0. The van der Waals surface area contributed by atoms with Crippen molar-refractivity contribution in [1.82, 2.24) is 4.90 Å². The van der Waals surface area contributed by atoms with E-state index in [0.29, 0.717) is 23.6 Å². The van der Waals surface area contributed by atoms with E-state index in [-0.39, 0.29) is 5.91 Å². The van der Waals surface area contributed by atoms with E-state index in [1.165, 1.54) is 5.69 Å². The van der Waals surface area contributed by atoms with Gasteiger partial charge in [0.2, 0.25) is 0 Å². The van der Waals surface area contributed by atoms with Crippen molar-refractivity contribution in [1.29, 1.82) is 0 Å². The van der Waals surface area contributed by atoms with Crippen LogP contribution < -0.4 is 19.3 Å². The highest BCUT2D eigenvalue weighted by atomic mass is 79.9. The Kier molecular flexibility index (Phi) is 10.4. The second kappa shape index (κ2) is 13.5. The maximum Gasteiger partial charge on any atom is 0.259 e. The van der Waals surface area contributed by atoms with E-state index in [2.05, 4.69) is 44.9 Å².